The van der Waals surface area contributed by atoms with Crippen molar-refractivity contribution in [3.8, 4) is 16.8 Å². The van der Waals surface area contributed by atoms with Gasteiger partial charge in [0.1, 0.15) is 4.64 Å². The van der Waals surface area contributed by atoms with E-state index in [1.165, 1.54) is 5.39 Å². The summed E-state index contributed by atoms with van der Waals surface area (Å²) in [6, 6.07) is 18.4. The van der Waals surface area contributed by atoms with Gasteiger partial charge in [0.2, 0.25) is 0 Å². The molecular formula is C25H18N2O2S2. The van der Waals surface area contributed by atoms with Crippen molar-refractivity contribution in [3.05, 3.63) is 75.2 Å². The zero-order valence-corrected chi connectivity index (χ0v) is 18.9. The number of carbonyl (C=O) groups excluding carboxylic acids is 2. The van der Waals surface area contributed by atoms with Crippen molar-refractivity contribution in [2.75, 3.05) is 4.90 Å². The number of hydrogen-bond donors (Lipinski definition) is 0. The molecule has 3 aromatic carbocycles. The summed E-state index contributed by atoms with van der Waals surface area (Å²) in [4.78, 5) is 28.4. The van der Waals surface area contributed by atoms with Gasteiger partial charge in [0.25, 0.3) is 11.7 Å². The largest absolute Gasteiger partial charge is 0.300 e. The molecule has 2 aliphatic heterocycles. The SMILES string of the molecule is Cc1cc2c3c(c1)-c1c(sn(-c4ccc5ccccc5c4)c1=S)C(C)(C)N3C(=O)C2=O. The van der Waals surface area contributed by atoms with E-state index in [9.17, 15) is 9.59 Å². The Hall–Kier alpha value is -3.09. The summed E-state index contributed by atoms with van der Waals surface area (Å²) in [5, 5.41) is 2.32. The highest BCUT2D eigenvalue weighted by molar-refractivity contribution is 7.71. The quantitative estimate of drug-likeness (QED) is 0.261. The van der Waals surface area contributed by atoms with Crippen LogP contribution < -0.4 is 4.90 Å². The Morgan fingerprint density at radius 3 is 2.42 bits per heavy atom. The molecule has 31 heavy (non-hydrogen) atoms. The highest BCUT2D eigenvalue weighted by atomic mass is 32.1. The number of rotatable bonds is 1. The number of Topliss-reactive ketones (excluding diaryl/α,β-unsaturated/α-hetero) is 1. The fourth-order valence-electron chi connectivity index (χ4n) is 4.84. The Morgan fingerprint density at radius 2 is 1.65 bits per heavy atom. The summed E-state index contributed by atoms with van der Waals surface area (Å²) in [7, 11) is 0. The third-order valence-electron chi connectivity index (χ3n) is 6.28. The van der Waals surface area contributed by atoms with Gasteiger partial charge in [-0.3, -0.25) is 18.4 Å². The van der Waals surface area contributed by atoms with Crippen LogP contribution in [0.5, 0.6) is 0 Å². The van der Waals surface area contributed by atoms with Crippen LogP contribution in [0.3, 0.4) is 0 Å². The van der Waals surface area contributed by atoms with Gasteiger partial charge in [-0.15, -0.1) is 0 Å². The second kappa shape index (κ2) is 5.99. The maximum atomic E-state index is 13.0. The Morgan fingerprint density at radius 1 is 0.935 bits per heavy atom. The molecule has 0 N–H and O–H groups in total. The highest BCUT2D eigenvalue weighted by Gasteiger charge is 2.51. The van der Waals surface area contributed by atoms with E-state index in [1.807, 2.05) is 45.0 Å². The van der Waals surface area contributed by atoms with Gasteiger partial charge in [-0.05, 0) is 61.4 Å². The van der Waals surface area contributed by atoms with Gasteiger partial charge in [0.05, 0.1) is 27.4 Å². The van der Waals surface area contributed by atoms with Crippen LogP contribution >= 0.6 is 23.8 Å². The molecule has 1 amide bonds. The number of hydrogen-bond acceptors (Lipinski definition) is 4. The van der Waals surface area contributed by atoms with Crippen molar-refractivity contribution in [1.29, 1.82) is 0 Å². The molecule has 3 heterocycles. The number of aryl methyl sites for hydroxylation is 1. The van der Waals surface area contributed by atoms with Crippen LogP contribution in [0.4, 0.5) is 5.69 Å². The van der Waals surface area contributed by atoms with Gasteiger partial charge in [-0.25, -0.2) is 0 Å². The van der Waals surface area contributed by atoms with Gasteiger partial charge in [-0.2, -0.15) is 0 Å². The molecule has 6 heteroatoms. The molecule has 0 saturated carbocycles. The lowest BCUT2D eigenvalue weighted by Crippen LogP contribution is -2.46. The maximum absolute atomic E-state index is 13.0. The van der Waals surface area contributed by atoms with Crippen molar-refractivity contribution in [2.45, 2.75) is 26.3 Å². The minimum absolute atomic E-state index is 0.434. The van der Waals surface area contributed by atoms with Gasteiger partial charge in [-0.1, -0.05) is 54.1 Å². The number of benzene rings is 3. The first-order chi connectivity index (χ1) is 14.8. The normalized spacial score (nSPS) is 16.0. The van der Waals surface area contributed by atoms with E-state index in [4.69, 9.17) is 12.2 Å². The van der Waals surface area contributed by atoms with Gasteiger partial charge in [0.15, 0.2) is 0 Å². The second-order valence-corrected chi connectivity index (χ2v) is 10.0. The molecule has 0 radical (unpaired) electrons. The van der Waals surface area contributed by atoms with E-state index >= 15 is 0 Å². The summed E-state index contributed by atoms with van der Waals surface area (Å²) in [6.07, 6.45) is 0. The van der Waals surface area contributed by atoms with E-state index in [0.29, 0.717) is 15.9 Å². The number of nitrogens with zero attached hydrogens (tertiary/aromatic N) is 2. The molecule has 4 aromatic rings. The third-order valence-corrected chi connectivity index (χ3v) is 8.24. The number of fused-ring (bicyclic) bond motifs is 3. The van der Waals surface area contributed by atoms with Crippen LogP contribution in [-0.2, 0) is 10.3 Å². The van der Waals surface area contributed by atoms with Crippen molar-refractivity contribution >= 4 is 51.9 Å². The first kappa shape index (κ1) is 18.7. The van der Waals surface area contributed by atoms with E-state index in [1.54, 1.807) is 16.4 Å². The minimum atomic E-state index is -0.671. The Balaban J connectivity index is 1.68. The first-order valence-corrected chi connectivity index (χ1v) is 11.3. The highest BCUT2D eigenvalue weighted by Crippen LogP contribution is 2.54. The lowest BCUT2D eigenvalue weighted by molar-refractivity contribution is -0.115. The van der Waals surface area contributed by atoms with Crippen LogP contribution in [0.2, 0.25) is 0 Å². The van der Waals surface area contributed by atoms with Crippen LogP contribution in [0.15, 0.2) is 54.6 Å². The maximum Gasteiger partial charge on any atom is 0.300 e. The first-order valence-electron chi connectivity index (χ1n) is 10.1. The zero-order valence-electron chi connectivity index (χ0n) is 17.2. The smallest absolute Gasteiger partial charge is 0.294 e. The van der Waals surface area contributed by atoms with Crippen molar-refractivity contribution in [3.63, 3.8) is 0 Å². The fraction of sp³-hybridized carbons (Fsp3) is 0.160. The Kier molecular flexibility index (Phi) is 3.61. The molecule has 4 nitrogen and oxygen atoms in total. The molecule has 0 aliphatic carbocycles. The molecule has 1 aromatic heterocycles. The molecule has 0 atom stereocenters. The monoisotopic (exact) mass is 442 g/mol. The van der Waals surface area contributed by atoms with E-state index in [0.717, 1.165) is 32.6 Å². The third kappa shape index (κ3) is 2.32. The van der Waals surface area contributed by atoms with E-state index in [-0.39, 0.29) is 0 Å². The molecule has 0 fully saturated rings. The summed E-state index contributed by atoms with van der Waals surface area (Å²) in [6.45, 7) is 5.93. The average molecular weight is 443 g/mol. The number of amides is 1. The van der Waals surface area contributed by atoms with Crippen molar-refractivity contribution < 1.29 is 9.59 Å². The number of ketones is 1. The molecular weight excluding hydrogens is 424 g/mol. The molecule has 0 saturated heterocycles. The second-order valence-electron chi connectivity index (χ2n) is 8.66. The number of aromatic nitrogens is 1. The predicted octanol–water partition coefficient (Wildman–Crippen LogP) is 6.17. The van der Waals surface area contributed by atoms with E-state index < -0.39 is 17.2 Å². The molecule has 6 rings (SSSR count). The molecule has 152 valence electrons. The van der Waals surface area contributed by atoms with Crippen LogP contribution in [0.1, 0.15) is 34.6 Å². The number of carbonyl (C=O) groups is 2. The molecule has 0 unspecified atom stereocenters. The Bertz CT molecular complexity index is 1540. The van der Waals surface area contributed by atoms with Crippen molar-refractivity contribution in [1.82, 2.24) is 3.96 Å². The lowest BCUT2D eigenvalue weighted by Gasteiger charge is -2.39. The standard InChI is InChI=1S/C25H18N2O2S2/c1-13-10-17-19-22(25(2,3)26-20(17)18(11-13)21(28)23(26)29)31-27(24(19)30)16-9-8-14-6-4-5-7-15(14)12-16/h4-12H,1-3H3. The molecule has 0 spiro atoms. The molecule has 2 aliphatic rings. The minimum Gasteiger partial charge on any atom is -0.294 e. The zero-order chi connectivity index (χ0) is 21.7. The van der Waals surface area contributed by atoms with Gasteiger partial charge in [0, 0.05) is 11.1 Å². The summed E-state index contributed by atoms with van der Waals surface area (Å²) < 4.78 is 2.78. The number of anilines is 1. The topological polar surface area (TPSA) is 42.3 Å². The van der Waals surface area contributed by atoms with Gasteiger partial charge >= 0.3 is 0 Å². The summed E-state index contributed by atoms with van der Waals surface area (Å²) in [5.41, 5.74) is 4.29. The lowest BCUT2D eigenvalue weighted by atomic mass is 9.87. The Labute approximate surface area is 188 Å². The van der Waals surface area contributed by atoms with Crippen LogP contribution in [0, 0.1) is 11.6 Å². The fourth-order valence-corrected chi connectivity index (χ4v) is 6.52. The summed E-state index contributed by atoms with van der Waals surface area (Å²) >= 11 is 7.54. The van der Waals surface area contributed by atoms with Crippen molar-refractivity contribution in [2.24, 2.45) is 0 Å². The summed E-state index contributed by atoms with van der Waals surface area (Å²) in [5.74, 6) is -0.898. The average Bonchev–Trinajstić information content (AvgIpc) is 3.23. The molecule has 0 bridgehead atoms. The van der Waals surface area contributed by atoms with Crippen LogP contribution in [0.25, 0.3) is 27.6 Å². The van der Waals surface area contributed by atoms with Crippen LogP contribution in [-0.4, -0.2) is 15.6 Å². The van der Waals surface area contributed by atoms with Gasteiger partial charge < -0.3 is 0 Å². The predicted molar refractivity (Wildman–Crippen MR) is 127 cm³/mol. The van der Waals surface area contributed by atoms with E-state index in [2.05, 4.69) is 34.3 Å².